The predicted octanol–water partition coefficient (Wildman–Crippen LogP) is 3.03. The van der Waals surface area contributed by atoms with Crippen LogP contribution in [0.15, 0.2) is 18.2 Å². The van der Waals surface area contributed by atoms with Crippen LogP contribution in [0.25, 0.3) is 0 Å². The zero-order valence-electron chi connectivity index (χ0n) is 12.0. The fourth-order valence-corrected chi connectivity index (χ4v) is 2.23. The summed E-state index contributed by atoms with van der Waals surface area (Å²) in [4.78, 5) is 0. The first-order valence-electron chi connectivity index (χ1n) is 7.33. The van der Waals surface area contributed by atoms with E-state index < -0.39 is 0 Å². The van der Waals surface area contributed by atoms with E-state index in [1.807, 2.05) is 0 Å². The van der Waals surface area contributed by atoms with Crippen molar-refractivity contribution in [1.29, 1.82) is 0 Å². The van der Waals surface area contributed by atoms with Crippen molar-refractivity contribution in [3.8, 4) is 0 Å². The van der Waals surface area contributed by atoms with Crippen LogP contribution in [0, 0.1) is 0 Å². The van der Waals surface area contributed by atoms with Crippen LogP contribution in [0.3, 0.4) is 0 Å². The standard InChI is InChI=1S/C10H13N.C6H15N/c11-7-8-4-5-9-2-1-3-10(9)6-8;1-3-5-7-6-4-2/h4-6H,1-3,7,11H2;7H,3-6H2,1-2H3. The highest BCUT2D eigenvalue weighted by molar-refractivity contribution is 5.35. The molecule has 0 atom stereocenters. The molecule has 18 heavy (non-hydrogen) atoms. The topological polar surface area (TPSA) is 38.0 Å². The molecule has 0 aromatic heterocycles. The van der Waals surface area contributed by atoms with Gasteiger partial charge >= 0.3 is 0 Å². The zero-order chi connectivity index (χ0) is 13.2. The van der Waals surface area contributed by atoms with E-state index in [4.69, 9.17) is 5.73 Å². The van der Waals surface area contributed by atoms with Gasteiger partial charge in [0.25, 0.3) is 0 Å². The lowest BCUT2D eigenvalue weighted by molar-refractivity contribution is 0.662. The molecular weight excluding hydrogens is 220 g/mol. The van der Waals surface area contributed by atoms with Crippen LogP contribution >= 0.6 is 0 Å². The summed E-state index contributed by atoms with van der Waals surface area (Å²) in [5.41, 5.74) is 9.86. The average Bonchev–Trinajstić information content (AvgIpc) is 2.87. The van der Waals surface area contributed by atoms with Crippen LogP contribution < -0.4 is 11.1 Å². The Hall–Kier alpha value is -0.860. The molecule has 2 nitrogen and oxygen atoms in total. The SMILES string of the molecule is CCCNCCC.NCc1ccc2c(c1)CCC2. The maximum atomic E-state index is 5.54. The maximum Gasteiger partial charge on any atom is 0.0178 e. The van der Waals surface area contributed by atoms with Crippen molar-refractivity contribution in [2.45, 2.75) is 52.5 Å². The molecule has 0 saturated heterocycles. The molecule has 1 aromatic carbocycles. The van der Waals surface area contributed by atoms with E-state index in [9.17, 15) is 0 Å². The van der Waals surface area contributed by atoms with Crippen LogP contribution in [0.5, 0.6) is 0 Å². The first kappa shape index (κ1) is 15.2. The molecule has 0 heterocycles. The summed E-state index contributed by atoms with van der Waals surface area (Å²) in [6.45, 7) is 7.39. The molecule has 0 saturated carbocycles. The first-order valence-corrected chi connectivity index (χ1v) is 7.33. The highest BCUT2D eigenvalue weighted by Gasteiger charge is 2.09. The largest absolute Gasteiger partial charge is 0.326 e. The fraction of sp³-hybridized carbons (Fsp3) is 0.625. The molecule has 0 amide bonds. The van der Waals surface area contributed by atoms with E-state index in [1.165, 1.54) is 61.9 Å². The second-order valence-electron chi connectivity index (χ2n) is 4.91. The molecule has 1 aromatic rings. The fourth-order valence-electron chi connectivity index (χ4n) is 2.23. The summed E-state index contributed by atoms with van der Waals surface area (Å²) < 4.78 is 0. The van der Waals surface area contributed by atoms with Crippen molar-refractivity contribution >= 4 is 0 Å². The van der Waals surface area contributed by atoms with Gasteiger partial charge in [0.15, 0.2) is 0 Å². The molecule has 0 fully saturated rings. The van der Waals surface area contributed by atoms with Crippen LogP contribution in [0.4, 0.5) is 0 Å². The van der Waals surface area contributed by atoms with Crippen molar-refractivity contribution in [3.05, 3.63) is 34.9 Å². The van der Waals surface area contributed by atoms with Crippen LogP contribution in [0.2, 0.25) is 0 Å². The molecule has 3 N–H and O–H groups in total. The van der Waals surface area contributed by atoms with Crippen molar-refractivity contribution in [1.82, 2.24) is 5.32 Å². The van der Waals surface area contributed by atoms with Gasteiger partial charge < -0.3 is 11.1 Å². The van der Waals surface area contributed by atoms with Gasteiger partial charge in [-0.15, -0.1) is 0 Å². The Morgan fingerprint density at radius 3 is 2.33 bits per heavy atom. The maximum absolute atomic E-state index is 5.54. The number of nitrogens with two attached hydrogens (primary N) is 1. The third kappa shape index (κ3) is 5.19. The minimum Gasteiger partial charge on any atom is -0.326 e. The molecular formula is C16H28N2. The summed E-state index contributed by atoms with van der Waals surface area (Å²) in [5, 5.41) is 3.28. The van der Waals surface area contributed by atoms with Crippen molar-refractivity contribution < 1.29 is 0 Å². The molecule has 0 spiro atoms. The molecule has 1 aliphatic rings. The van der Waals surface area contributed by atoms with Gasteiger partial charge in [-0.2, -0.15) is 0 Å². The quantitative estimate of drug-likeness (QED) is 0.786. The predicted molar refractivity (Wildman–Crippen MR) is 79.8 cm³/mol. The van der Waals surface area contributed by atoms with E-state index in [2.05, 4.69) is 37.4 Å². The van der Waals surface area contributed by atoms with Crippen molar-refractivity contribution in [2.75, 3.05) is 13.1 Å². The van der Waals surface area contributed by atoms with E-state index in [1.54, 1.807) is 0 Å². The van der Waals surface area contributed by atoms with Crippen LogP contribution in [-0.2, 0) is 19.4 Å². The zero-order valence-corrected chi connectivity index (χ0v) is 12.0. The number of hydrogen-bond acceptors (Lipinski definition) is 2. The first-order chi connectivity index (χ1) is 8.81. The van der Waals surface area contributed by atoms with Gasteiger partial charge in [0, 0.05) is 6.54 Å². The summed E-state index contributed by atoms with van der Waals surface area (Å²) in [6.07, 6.45) is 6.34. The molecule has 1 aliphatic carbocycles. The number of rotatable bonds is 5. The lowest BCUT2D eigenvalue weighted by Crippen LogP contribution is -2.14. The normalized spacial score (nSPS) is 12.8. The van der Waals surface area contributed by atoms with Gasteiger partial charge in [-0.3, -0.25) is 0 Å². The van der Waals surface area contributed by atoms with E-state index in [0.29, 0.717) is 6.54 Å². The summed E-state index contributed by atoms with van der Waals surface area (Å²) >= 11 is 0. The monoisotopic (exact) mass is 248 g/mol. The van der Waals surface area contributed by atoms with E-state index in [0.717, 1.165) is 0 Å². The van der Waals surface area contributed by atoms with Gasteiger partial charge in [0.1, 0.15) is 0 Å². The Bertz CT molecular complexity index is 330. The minimum atomic E-state index is 0.674. The van der Waals surface area contributed by atoms with Gasteiger partial charge in [-0.1, -0.05) is 32.0 Å². The summed E-state index contributed by atoms with van der Waals surface area (Å²) in [5.74, 6) is 0. The lowest BCUT2D eigenvalue weighted by Gasteiger charge is -2.00. The Morgan fingerprint density at radius 2 is 1.72 bits per heavy atom. The number of aryl methyl sites for hydroxylation is 2. The molecule has 0 aliphatic heterocycles. The van der Waals surface area contributed by atoms with Gasteiger partial charge in [-0.05, 0) is 61.9 Å². The van der Waals surface area contributed by atoms with Crippen molar-refractivity contribution in [3.63, 3.8) is 0 Å². The summed E-state index contributed by atoms with van der Waals surface area (Å²) in [6, 6.07) is 6.62. The van der Waals surface area contributed by atoms with Gasteiger partial charge in [0.05, 0.1) is 0 Å². The molecule has 2 rings (SSSR count). The number of nitrogens with one attached hydrogen (secondary N) is 1. The minimum absolute atomic E-state index is 0.674. The highest BCUT2D eigenvalue weighted by atomic mass is 14.8. The molecule has 0 radical (unpaired) electrons. The Morgan fingerprint density at radius 1 is 1.06 bits per heavy atom. The highest BCUT2D eigenvalue weighted by Crippen LogP contribution is 2.22. The third-order valence-electron chi connectivity index (χ3n) is 3.25. The Balaban J connectivity index is 0.000000203. The van der Waals surface area contributed by atoms with E-state index >= 15 is 0 Å². The number of fused-ring (bicyclic) bond motifs is 1. The number of hydrogen-bond donors (Lipinski definition) is 2. The Kier molecular flexibility index (Phi) is 7.70. The molecule has 2 heteroatoms. The van der Waals surface area contributed by atoms with Crippen LogP contribution in [0.1, 0.15) is 49.8 Å². The second-order valence-corrected chi connectivity index (χ2v) is 4.91. The van der Waals surface area contributed by atoms with Gasteiger partial charge in [0.2, 0.25) is 0 Å². The average molecular weight is 248 g/mol. The third-order valence-corrected chi connectivity index (χ3v) is 3.25. The second kappa shape index (κ2) is 9.12. The molecule has 0 unspecified atom stereocenters. The smallest absolute Gasteiger partial charge is 0.0178 e. The van der Waals surface area contributed by atoms with Gasteiger partial charge in [-0.25, -0.2) is 0 Å². The number of benzene rings is 1. The lowest BCUT2D eigenvalue weighted by atomic mass is 10.1. The van der Waals surface area contributed by atoms with Crippen molar-refractivity contribution in [2.24, 2.45) is 5.73 Å². The van der Waals surface area contributed by atoms with E-state index in [-0.39, 0.29) is 0 Å². The Labute approximate surface area is 112 Å². The molecule has 0 bridgehead atoms. The summed E-state index contributed by atoms with van der Waals surface area (Å²) in [7, 11) is 0. The van der Waals surface area contributed by atoms with Crippen LogP contribution in [-0.4, -0.2) is 13.1 Å². The molecule has 102 valence electrons.